The zero-order valence-corrected chi connectivity index (χ0v) is 10.5. The van der Waals surface area contributed by atoms with E-state index in [1.165, 1.54) is 0 Å². The molecule has 1 heterocycles. The lowest BCUT2D eigenvalue weighted by Crippen LogP contribution is -2.33. The molecule has 1 rings (SSSR count). The quantitative estimate of drug-likeness (QED) is 0.787. The molecule has 92 valence electrons. The molecule has 2 N–H and O–H groups in total. The molecule has 0 spiro atoms. The normalized spacial score (nSPS) is 10.0. The highest BCUT2D eigenvalue weighted by Crippen LogP contribution is 2.18. The van der Waals surface area contributed by atoms with Gasteiger partial charge >= 0.3 is 0 Å². The topological polar surface area (TPSA) is 64.2 Å². The highest BCUT2D eigenvalue weighted by atomic mass is 16.2. The minimum atomic E-state index is -0.162. The number of amides is 1. The van der Waals surface area contributed by atoms with E-state index < -0.39 is 0 Å². The van der Waals surface area contributed by atoms with E-state index in [1.807, 2.05) is 13.8 Å². The van der Waals surface area contributed by atoms with Crippen LogP contribution < -0.4 is 5.73 Å². The average Bonchev–Trinajstić information content (AvgIpc) is 2.61. The summed E-state index contributed by atoms with van der Waals surface area (Å²) in [5.74, 6) is 2.31. The first-order valence-corrected chi connectivity index (χ1v) is 5.62. The van der Waals surface area contributed by atoms with Crippen molar-refractivity contribution in [3.63, 3.8) is 0 Å². The van der Waals surface area contributed by atoms with Gasteiger partial charge in [-0.1, -0.05) is 5.92 Å². The first-order chi connectivity index (χ1) is 8.06. The fourth-order valence-electron chi connectivity index (χ4n) is 1.64. The van der Waals surface area contributed by atoms with Crippen LogP contribution in [0, 0.1) is 19.3 Å². The van der Waals surface area contributed by atoms with Crippen LogP contribution in [0.15, 0.2) is 0 Å². The van der Waals surface area contributed by atoms with Gasteiger partial charge in [-0.15, -0.1) is 6.42 Å². The molecule has 0 saturated carbocycles. The monoisotopic (exact) mass is 234 g/mol. The second-order valence-corrected chi connectivity index (χ2v) is 3.69. The maximum absolute atomic E-state index is 12.3. The molecule has 1 amide bonds. The van der Waals surface area contributed by atoms with Gasteiger partial charge in [0, 0.05) is 13.1 Å². The van der Waals surface area contributed by atoms with E-state index in [2.05, 4.69) is 11.0 Å². The fraction of sp³-hybridized carbons (Fsp3) is 0.500. The minimum Gasteiger partial charge on any atom is -0.395 e. The van der Waals surface area contributed by atoms with Gasteiger partial charge in [0.25, 0.3) is 5.91 Å². The summed E-state index contributed by atoms with van der Waals surface area (Å²) in [6.07, 6.45) is 5.24. The molecule has 0 aliphatic rings. The molecule has 0 aromatic carbocycles. The third-order valence-electron chi connectivity index (χ3n) is 2.63. The molecule has 5 heteroatoms. The van der Waals surface area contributed by atoms with Crippen LogP contribution in [0.3, 0.4) is 0 Å². The van der Waals surface area contributed by atoms with E-state index in [4.69, 9.17) is 12.2 Å². The Bertz CT molecular complexity index is 456. The van der Waals surface area contributed by atoms with Crippen LogP contribution >= 0.6 is 0 Å². The lowest BCUT2D eigenvalue weighted by atomic mass is 10.2. The number of hydrogen-bond acceptors (Lipinski definition) is 3. The van der Waals surface area contributed by atoms with Crippen molar-refractivity contribution in [2.75, 3.05) is 18.8 Å². The van der Waals surface area contributed by atoms with Crippen molar-refractivity contribution in [3.05, 3.63) is 11.4 Å². The van der Waals surface area contributed by atoms with Crippen molar-refractivity contribution in [1.82, 2.24) is 14.7 Å². The lowest BCUT2D eigenvalue weighted by Gasteiger charge is -2.18. The Kier molecular flexibility index (Phi) is 4.16. The lowest BCUT2D eigenvalue weighted by molar-refractivity contribution is 0.0773. The summed E-state index contributed by atoms with van der Waals surface area (Å²) in [6, 6.07) is 0. The second kappa shape index (κ2) is 5.39. The van der Waals surface area contributed by atoms with Crippen LogP contribution in [0.25, 0.3) is 0 Å². The molecule has 0 aliphatic heterocycles. The van der Waals surface area contributed by atoms with Crippen molar-refractivity contribution in [2.24, 2.45) is 0 Å². The molecular formula is C12H18N4O. The third kappa shape index (κ3) is 2.41. The molecule has 1 aromatic rings. The van der Waals surface area contributed by atoms with E-state index in [0.29, 0.717) is 30.2 Å². The SMILES string of the molecule is C#CCN(CC)C(=O)c1c(N)c(C)nn1CC. The third-order valence-corrected chi connectivity index (χ3v) is 2.63. The Morgan fingerprint density at radius 2 is 2.24 bits per heavy atom. The fourth-order valence-corrected chi connectivity index (χ4v) is 1.64. The van der Waals surface area contributed by atoms with Crippen molar-refractivity contribution < 1.29 is 4.79 Å². The first kappa shape index (κ1) is 13.1. The summed E-state index contributed by atoms with van der Waals surface area (Å²) >= 11 is 0. The highest BCUT2D eigenvalue weighted by molar-refractivity contribution is 5.98. The van der Waals surface area contributed by atoms with Crippen LogP contribution in [-0.4, -0.2) is 33.7 Å². The molecule has 0 aliphatic carbocycles. The number of carbonyl (C=O) groups is 1. The average molecular weight is 234 g/mol. The van der Waals surface area contributed by atoms with E-state index in [-0.39, 0.29) is 12.5 Å². The van der Waals surface area contributed by atoms with Gasteiger partial charge in [-0.25, -0.2) is 0 Å². The number of nitrogen functional groups attached to an aromatic ring is 1. The van der Waals surface area contributed by atoms with Crippen LogP contribution in [0.2, 0.25) is 0 Å². The highest BCUT2D eigenvalue weighted by Gasteiger charge is 2.22. The number of hydrogen-bond donors (Lipinski definition) is 1. The second-order valence-electron chi connectivity index (χ2n) is 3.69. The molecule has 5 nitrogen and oxygen atoms in total. The Morgan fingerprint density at radius 3 is 2.71 bits per heavy atom. The molecule has 0 atom stereocenters. The summed E-state index contributed by atoms with van der Waals surface area (Å²) in [7, 11) is 0. The standard InChI is InChI=1S/C12H18N4O/c1-5-8-15(6-2)12(17)11-10(13)9(4)14-16(11)7-3/h1H,6-8,13H2,2-4H3. The molecular weight excluding hydrogens is 216 g/mol. The Balaban J connectivity index is 3.15. The van der Waals surface area contributed by atoms with Gasteiger partial charge in [-0.05, 0) is 20.8 Å². The van der Waals surface area contributed by atoms with Gasteiger partial charge in [0.15, 0.2) is 0 Å². The van der Waals surface area contributed by atoms with Gasteiger partial charge in [0.05, 0.1) is 17.9 Å². The number of carbonyl (C=O) groups excluding carboxylic acids is 1. The molecule has 0 fully saturated rings. The largest absolute Gasteiger partial charge is 0.395 e. The number of aromatic nitrogens is 2. The van der Waals surface area contributed by atoms with Crippen molar-refractivity contribution in [1.29, 1.82) is 0 Å². The van der Waals surface area contributed by atoms with E-state index in [0.717, 1.165) is 0 Å². The Morgan fingerprint density at radius 1 is 1.59 bits per heavy atom. The van der Waals surface area contributed by atoms with Gasteiger partial charge in [0.2, 0.25) is 0 Å². The molecule has 0 bridgehead atoms. The first-order valence-electron chi connectivity index (χ1n) is 5.62. The number of nitrogens with two attached hydrogens (primary N) is 1. The number of rotatable bonds is 4. The number of aryl methyl sites for hydroxylation is 2. The smallest absolute Gasteiger partial charge is 0.275 e. The number of terminal acetylenes is 1. The van der Waals surface area contributed by atoms with Crippen LogP contribution in [0.4, 0.5) is 5.69 Å². The van der Waals surface area contributed by atoms with Crippen molar-refractivity contribution >= 4 is 11.6 Å². The molecule has 0 unspecified atom stereocenters. The number of anilines is 1. The van der Waals surface area contributed by atoms with Gasteiger partial charge in [0.1, 0.15) is 5.69 Å². The zero-order valence-electron chi connectivity index (χ0n) is 10.5. The summed E-state index contributed by atoms with van der Waals surface area (Å²) in [4.78, 5) is 13.8. The van der Waals surface area contributed by atoms with E-state index >= 15 is 0 Å². The summed E-state index contributed by atoms with van der Waals surface area (Å²) in [6.45, 7) is 7.02. The Labute approximate surface area is 102 Å². The zero-order chi connectivity index (χ0) is 13.0. The molecule has 0 saturated heterocycles. The van der Waals surface area contributed by atoms with Crippen molar-refractivity contribution in [3.8, 4) is 12.3 Å². The number of nitrogens with zero attached hydrogens (tertiary/aromatic N) is 3. The van der Waals surface area contributed by atoms with E-state index in [9.17, 15) is 4.79 Å². The minimum absolute atomic E-state index is 0.162. The van der Waals surface area contributed by atoms with Crippen LogP contribution in [0.5, 0.6) is 0 Å². The predicted octanol–water partition coefficient (Wildman–Crippen LogP) is 0.889. The van der Waals surface area contributed by atoms with Gasteiger partial charge in [-0.3, -0.25) is 9.48 Å². The van der Waals surface area contributed by atoms with E-state index in [1.54, 1.807) is 16.5 Å². The van der Waals surface area contributed by atoms with Gasteiger partial charge in [-0.2, -0.15) is 5.10 Å². The van der Waals surface area contributed by atoms with Crippen LogP contribution in [0.1, 0.15) is 30.0 Å². The maximum atomic E-state index is 12.3. The van der Waals surface area contributed by atoms with Gasteiger partial charge < -0.3 is 10.6 Å². The predicted molar refractivity (Wildman–Crippen MR) is 67.5 cm³/mol. The summed E-state index contributed by atoms with van der Waals surface area (Å²) < 4.78 is 1.62. The van der Waals surface area contributed by atoms with Crippen LogP contribution in [-0.2, 0) is 6.54 Å². The summed E-state index contributed by atoms with van der Waals surface area (Å²) in [5.41, 5.74) is 7.43. The van der Waals surface area contributed by atoms with Crippen molar-refractivity contribution in [2.45, 2.75) is 27.3 Å². The molecule has 17 heavy (non-hydrogen) atoms. The summed E-state index contributed by atoms with van der Waals surface area (Å²) in [5, 5.41) is 4.22. The Hall–Kier alpha value is -1.96. The maximum Gasteiger partial charge on any atom is 0.275 e. The molecule has 0 radical (unpaired) electrons. The molecule has 1 aromatic heterocycles.